The molecule has 0 aliphatic carbocycles. The molecule has 0 saturated carbocycles. The van der Waals surface area contributed by atoms with Crippen LogP contribution < -0.4 is 4.74 Å². The monoisotopic (exact) mass is 295 g/mol. The smallest absolute Gasteiger partial charge is 0.231 e. The Bertz CT molecular complexity index is 825. The number of ether oxygens (including phenoxy) is 1. The fourth-order valence-corrected chi connectivity index (χ4v) is 2.14. The van der Waals surface area contributed by atoms with Gasteiger partial charge in [-0.25, -0.2) is 4.98 Å². The predicted octanol–water partition coefficient (Wildman–Crippen LogP) is 4.14. The third-order valence-corrected chi connectivity index (χ3v) is 3.13. The minimum Gasteiger partial charge on any atom is -0.438 e. The third-order valence-electron chi connectivity index (χ3n) is 2.96. The van der Waals surface area contributed by atoms with Crippen LogP contribution in [0.4, 0.5) is 0 Å². The predicted molar refractivity (Wildman–Crippen MR) is 80.4 cm³/mol. The third kappa shape index (κ3) is 2.93. The number of rotatable bonds is 3. The van der Waals surface area contributed by atoms with Gasteiger partial charge in [0.1, 0.15) is 5.75 Å². The SMILES string of the molecule is N#CCc1ccc(Oc2nc(Cl)nc3ccccc23)cc1. The first-order valence-electron chi connectivity index (χ1n) is 6.32. The fourth-order valence-electron chi connectivity index (χ4n) is 1.98. The molecule has 0 N–H and O–H groups in total. The van der Waals surface area contributed by atoms with E-state index in [1.807, 2.05) is 36.4 Å². The van der Waals surface area contributed by atoms with Crippen molar-refractivity contribution in [2.45, 2.75) is 6.42 Å². The molecule has 2 aromatic carbocycles. The van der Waals surface area contributed by atoms with E-state index in [1.54, 1.807) is 12.1 Å². The van der Waals surface area contributed by atoms with Crippen LogP contribution >= 0.6 is 11.6 Å². The highest BCUT2D eigenvalue weighted by molar-refractivity contribution is 6.28. The van der Waals surface area contributed by atoms with Crippen molar-refractivity contribution >= 4 is 22.5 Å². The van der Waals surface area contributed by atoms with Crippen LogP contribution in [0.25, 0.3) is 10.9 Å². The van der Waals surface area contributed by atoms with Gasteiger partial charge in [-0.1, -0.05) is 24.3 Å². The Hall–Kier alpha value is -2.64. The molecule has 21 heavy (non-hydrogen) atoms. The van der Waals surface area contributed by atoms with Crippen LogP contribution in [-0.2, 0) is 6.42 Å². The van der Waals surface area contributed by atoms with E-state index in [0.717, 1.165) is 16.5 Å². The highest BCUT2D eigenvalue weighted by atomic mass is 35.5. The molecular weight excluding hydrogens is 286 g/mol. The van der Waals surface area contributed by atoms with E-state index in [-0.39, 0.29) is 5.28 Å². The molecule has 0 spiro atoms. The van der Waals surface area contributed by atoms with Gasteiger partial charge in [-0.3, -0.25) is 0 Å². The number of benzene rings is 2. The van der Waals surface area contributed by atoms with E-state index in [1.165, 1.54) is 0 Å². The molecular formula is C16H10ClN3O. The Morgan fingerprint density at radius 1 is 1.05 bits per heavy atom. The number of nitrogens with zero attached hydrogens (tertiary/aromatic N) is 3. The summed E-state index contributed by atoms with van der Waals surface area (Å²) in [4.78, 5) is 8.29. The second kappa shape index (κ2) is 5.78. The van der Waals surface area contributed by atoms with Crippen molar-refractivity contribution in [3.63, 3.8) is 0 Å². The van der Waals surface area contributed by atoms with Crippen molar-refractivity contribution in [3.8, 4) is 17.7 Å². The van der Waals surface area contributed by atoms with Gasteiger partial charge in [0.25, 0.3) is 0 Å². The van der Waals surface area contributed by atoms with Crippen molar-refractivity contribution in [2.75, 3.05) is 0 Å². The standard InChI is InChI=1S/C16H10ClN3O/c17-16-19-14-4-2-1-3-13(14)15(20-16)21-12-7-5-11(6-8-12)9-10-18/h1-8H,9H2. The Balaban J connectivity index is 1.96. The molecule has 5 heteroatoms. The number of fused-ring (bicyclic) bond motifs is 1. The van der Waals surface area contributed by atoms with Gasteiger partial charge in [-0.15, -0.1) is 0 Å². The van der Waals surface area contributed by atoms with Gasteiger partial charge in [0, 0.05) is 0 Å². The number of para-hydroxylation sites is 1. The first-order chi connectivity index (χ1) is 10.3. The topological polar surface area (TPSA) is 58.8 Å². The van der Waals surface area contributed by atoms with Crippen molar-refractivity contribution < 1.29 is 4.74 Å². The molecule has 0 fully saturated rings. The normalized spacial score (nSPS) is 10.3. The summed E-state index contributed by atoms with van der Waals surface area (Å²) < 4.78 is 5.79. The average molecular weight is 296 g/mol. The Kier molecular flexibility index (Phi) is 3.67. The number of nitriles is 1. The Morgan fingerprint density at radius 3 is 2.57 bits per heavy atom. The van der Waals surface area contributed by atoms with Crippen LogP contribution in [0, 0.1) is 11.3 Å². The first kappa shape index (κ1) is 13.3. The summed E-state index contributed by atoms with van der Waals surface area (Å²) >= 11 is 5.92. The summed E-state index contributed by atoms with van der Waals surface area (Å²) in [6, 6.07) is 16.9. The van der Waals surface area contributed by atoms with E-state index < -0.39 is 0 Å². The molecule has 1 heterocycles. The molecule has 0 saturated heterocycles. The van der Waals surface area contributed by atoms with Crippen molar-refractivity contribution in [3.05, 3.63) is 59.4 Å². The molecule has 0 bridgehead atoms. The molecule has 1 aromatic heterocycles. The molecule has 3 aromatic rings. The molecule has 0 aliphatic rings. The summed E-state index contributed by atoms with van der Waals surface area (Å²) in [7, 11) is 0. The highest BCUT2D eigenvalue weighted by Gasteiger charge is 2.08. The molecule has 0 atom stereocenters. The maximum absolute atomic E-state index is 8.66. The van der Waals surface area contributed by atoms with E-state index in [9.17, 15) is 0 Å². The maximum atomic E-state index is 8.66. The van der Waals surface area contributed by atoms with Gasteiger partial charge >= 0.3 is 0 Å². The van der Waals surface area contributed by atoms with Gasteiger partial charge in [0.15, 0.2) is 0 Å². The highest BCUT2D eigenvalue weighted by Crippen LogP contribution is 2.28. The number of halogens is 1. The molecule has 0 unspecified atom stereocenters. The lowest BCUT2D eigenvalue weighted by Gasteiger charge is -2.08. The largest absolute Gasteiger partial charge is 0.438 e. The molecule has 4 nitrogen and oxygen atoms in total. The zero-order valence-electron chi connectivity index (χ0n) is 11.0. The Morgan fingerprint density at radius 2 is 1.81 bits per heavy atom. The molecule has 0 aliphatic heterocycles. The van der Waals surface area contributed by atoms with Crippen LogP contribution in [0.2, 0.25) is 5.28 Å². The summed E-state index contributed by atoms with van der Waals surface area (Å²) in [5.41, 5.74) is 1.67. The second-order valence-electron chi connectivity index (χ2n) is 4.40. The minimum atomic E-state index is 0.143. The number of hydrogen-bond donors (Lipinski definition) is 0. The molecule has 102 valence electrons. The van der Waals surface area contributed by atoms with Gasteiger partial charge in [0.05, 0.1) is 23.4 Å². The van der Waals surface area contributed by atoms with E-state index in [0.29, 0.717) is 18.1 Å². The van der Waals surface area contributed by atoms with E-state index in [2.05, 4.69) is 16.0 Å². The Labute approximate surface area is 126 Å². The summed E-state index contributed by atoms with van der Waals surface area (Å²) in [5, 5.41) is 9.60. The quantitative estimate of drug-likeness (QED) is 0.681. The first-order valence-corrected chi connectivity index (χ1v) is 6.70. The minimum absolute atomic E-state index is 0.143. The van der Waals surface area contributed by atoms with Crippen LogP contribution in [0.15, 0.2) is 48.5 Å². The molecule has 0 amide bonds. The molecule has 3 rings (SSSR count). The van der Waals surface area contributed by atoms with Gasteiger partial charge in [0.2, 0.25) is 11.2 Å². The van der Waals surface area contributed by atoms with Crippen LogP contribution in [-0.4, -0.2) is 9.97 Å². The van der Waals surface area contributed by atoms with Crippen LogP contribution in [0.5, 0.6) is 11.6 Å². The van der Waals surface area contributed by atoms with Crippen molar-refractivity contribution in [2.24, 2.45) is 0 Å². The lowest BCUT2D eigenvalue weighted by molar-refractivity contribution is 0.468. The lowest BCUT2D eigenvalue weighted by atomic mass is 10.2. The second-order valence-corrected chi connectivity index (χ2v) is 4.73. The fraction of sp³-hybridized carbons (Fsp3) is 0.0625. The summed E-state index contributed by atoms with van der Waals surface area (Å²) in [6.07, 6.45) is 0.378. The maximum Gasteiger partial charge on any atom is 0.231 e. The lowest BCUT2D eigenvalue weighted by Crippen LogP contribution is -1.93. The molecule has 0 radical (unpaired) electrons. The van der Waals surface area contributed by atoms with Gasteiger partial charge < -0.3 is 4.74 Å². The van der Waals surface area contributed by atoms with Gasteiger partial charge in [-0.2, -0.15) is 10.2 Å². The van der Waals surface area contributed by atoms with Crippen LogP contribution in [0.1, 0.15) is 5.56 Å². The summed E-state index contributed by atoms with van der Waals surface area (Å²) in [6.45, 7) is 0. The number of aromatic nitrogens is 2. The van der Waals surface area contributed by atoms with Gasteiger partial charge in [-0.05, 0) is 41.4 Å². The zero-order valence-corrected chi connectivity index (χ0v) is 11.7. The average Bonchev–Trinajstić information content (AvgIpc) is 2.49. The van der Waals surface area contributed by atoms with E-state index in [4.69, 9.17) is 21.6 Å². The van der Waals surface area contributed by atoms with E-state index >= 15 is 0 Å². The van der Waals surface area contributed by atoms with Crippen LogP contribution in [0.3, 0.4) is 0 Å². The van der Waals surface area contributed by atoms with Crippen molar-refractivity contribution in [1.29, 1.82) is 5.26 Å². The van der Waals surface area contributed by atoms with Crippen molar-refractivity contribution in [1.82, 2.24) is 9.97 Å². The number of hydrogen-bond acceptors (Lipinski definition) is 4. The zero-order chi connectivity index (χ0) is 14.7. The summed E-state index contributed by atoms with van der Waals surface area (Å²) in [5.74, 6) is 1.05.